The monoisotopic (exact) mass is 421 g/mol. The Morgan fingerprint density at radius 2 is 1.82 bits per heavy atom. The van der Waals surface area contributed by atoms with Crippen molar-refractivity contribution >= 4 is 10.6 Å². The lowest BCUT2D eigenvalue weighted by atomic mass is 9.91. The van der Waals surface area contributed by atoms with Gasteiger partial charge in [-0.1, -0.05) is 0 Å². The van der Waals surface area contributed by atoms with Crippen molar-refractivity contribution in [2.75, 3.05) is 0 Å². The van der Waals surface area contributed by atoms with Crippen molar-refractivity contribution in [3.05, 3.63) is 52.8 Å². The molecule has 3 rings (SSSR count). The second-order valence-electron chi connectivity index (χ2n) is 6.18. The van der Waals surface area contributed by atoms with E-state index in [-0.39, 0.29) is 11.3 Å². The van der Waals surface area contributed by atoms with Crippen LogP contribution >= 0.6 is 10.6 Å². The topological polar surface area (TPSA) is 93.7 Å². The summed E-state index contributed by atoms with van der Waals surface area (Å²) in [4.78, 5) is -0.929. The van der Waals surface area contributed by atoms with Crippen LogP contribution in [0.3, 0.4) is 0 Å². The summed E-state index contributed by atoms with van der Waals surface area (Å²) in [7, 11) is -4.93. The maximum Gasteiger partial charge on any atom is 0.373 e. The Hall–Kier alpha value is -2.39. The van der Waals surface area contributed by atoms with E-state index < -0.39 is 55.5 Å². The van der Waals surface area contributed by atoms with Gasteiger partial charge in [0.2, 0.25) is 0 Å². The number of halogens is 5. The molecule has 1 aliphatic heterocycles. The first kappa shape index (κ1) is 20.3. The maximum absolute atomic E-state index is 14.4. The van der Waals surface area contributed by atoms with E-state index in [9.17, 15) is 36.2 Å². The molecule has 0 amide bonds. The van der Waals surface area contributed by atoms with E-state index in [2.05, 4.69) is 0 Å². The van der Waals surface area contributed by atoms with Gasteiger partial charge in [-0.3, -0.25) is 9.11 Å². The van der Waals surface area contributed by atoms with E-state index in [1.54, 1.807) is 6.07 Å². The number of alkyl halides is 4. The molecular formula is C17H12F5NO4S. The van der Waals surface area contributed by atoms with Crippen LogP contribution in [0.25, 0.3) is 0 Å². The molecule has 0 radical (unpaired) electrons. The van der Waals surface area contributed by atoms with Crippen LogP contribution in [0.1, 0.15) is 30.0 Å². The summed E-state index contributed by atoms with van der Waals surface area (Å²) in [5, 5.41) is 14.5. The first-order valence-electron chi connectivity index (χ1n) is 7.56. The standard InChI is InChI=1S/C17H12F5NO4S/c1-16(24)14-12(28(25,26)17(16,21)22)3-2-11(13(14)15(19)20)27-10-5-8(7-23)4-9(18)6-10/h2-6,15,24-26H,1H3. The summed E-state index contributed by atoms with van der Waals surface area (Å²) in [6.07, 6.45) is -3.45. The van der Waals surface area contributed by atoms with E-state index in [0.29, 0.717) is 6.92 Å². The molecule has 0 saturated heterocycles. The predicted octanol–water partition coefficient (Wildman–Crippen LogP) is 5.35. The van der Waals surface area contributed by atoms with Crippen LogP contribution < -0.4 is 4.74 Å². The maximum atomic E-state index is 14.4. The van der Waals surface area contributed by atoms with Crippen molar-refractivity contribution in [2.45, 2.75) is 29.1 Å². The molecule has 3 N–H and O–H groups in total. The summed E-state index contributed by atoms with van der Waals surface area (Å²) in [6.45, 7) is 0.485. The molecule has 2 aromatic rings. The lowest BCUT2D eigenvalue weighted by molar-refractivity contribution is -0.120. The highest BCUT2D eigenvalue weighted by molar-refractivity contribution is 8.25. The first-order chi connectivity index (χ1) is 12.8. The molecule has 1 aliphatic rings. The normalized spacial score (nSPS) is 23.2. The third kappa shape index (κ3) is 2.72. The zero-order valence-corrected chi connectivity index (χ0v) is 14.8. The Morgan fingerprint density at radius 3 is 2.39 bits per heavy atom. The molecule has 0 aliphatic carbocycles. The molecule has 0 saturated carbocycles. The van der Waals surface area contributed by atoms with Crippen LogP contribution in [0.2, 0.25) is 0 Å². The van der Waals surface area contributed by atoms with Crippen LogP contribution in [0, 0.1) is 17.1 Å². The van der Waals surface area contributed by atoms with Gasteiger partial charge in [-0.05, 0) is 31.2 Å². The number of benzene rings is 2. The minimum atomic E-state index is -4.93. The highest BCUT2D eigenvalue weighted by Gasteiger charge is 2.68. The lowest BCUT2D eigenvalue weighted by Gasteiger charge is -2.37. The summed E-state index contributed by atoms with van der Waals surface area (Å²) in [5.41, 5.74) is -5.77. The molecule has 1 unspecified atom stereocenters. The third-order valence-electron chi connectivity index (χ3n) is 4.33. The van der Waals surface area contributed by atoms with E-state index >= 15 is 0 Å². The molecule has 1 heterocycles. The van der Waals surface area contributed by atoms with Crippen LogP contribution in [-0.2, 0) is 5.60 Å². The Kier molecular flexibility index (Phi) is 4.59. The van der Waals surface area contributed by atoms with Crippen molar-refractivity contribution in [3.8, 4) is 17.6 Å². The molecule has 150 valence electrons. The highest BCUT2D eigenvalue weighted by atomic mass is 32.3. The number of aliphatic hydroxyl groups is 1. The molecule has 5 nitrogen and oxygen atoms in total. The molecular weight excluding hydrogens is 409 g/mol. The minimum Gasteiger partial charge on any atom is -0.457 e. The van der Waals surface area contributed by atoms with Gasteiger partial charge in [-0.15, -0.1) is 10.6 Å². The summed E-state index contributed by atoms with van der Waals surface area (Å²) in [5.74, 6) is -1.98. The SMILES string of the molecule is CC1(O)c2c(ccc(Oc3cc(F)cc(C#N)c3)c2C(F)F)S(O)(O)C1(F)F. The molecule has 0 bridgehead atoms. The number of nitriles is 1. The smallest absolute Gasteiger partial charge is 0.373 e. The van der Waals surface area contributed by atoms with Crippen molar-refractivity contribution in [1.82, 2.24) is 0 Å². The summed E-state index contributed by atoms with van der Waals surface area (Å²) < 4.78 is 94.6. The number of nitrogens with zero attached hydrogens (tertiary/aromatic N) is 1. The van der Waals surface area contributed by atoms with Crippen molar-refractivity contribution < 1.29 is 40.9 Å². The molecule has 0 fully saturated rings. The van der Waals surface area contributed by atoms with Gasteiger partial charge < -0.3 is 9.84 Å². The van der Waals surface area contributed by atoms with Crippen LogP contribution in [0.5, 0.6) is 11.5 Å². The van der Waals surface area contributed by atoms with Crippen molar-refractivity contribution in [1.29, 1.82) is 5.26 Å². The van der Waals surface area contributed by atoms with Gasteiger partial charge in [0.15, 0.2) is 5.60 Å². The Balaban J connectivity index is 2.23. The average molecular weight is 421 g/mol. The van der Waals surface area contributed by atoms with E-state index in [4.69, 9.17) is 10.00 Å². The zero-order valence-electron chi connectivity index (χ0n) is 14.0. The molecule has 11 heteroatoms. The van der Waals surface area contributed by atoms with Gasteiger partial charge in [-0.2, -0.15) is 14.0 Å². The van der Waals surface area contributed by atoms with Gasteiger partial charge in [0.05, 0.1) is 22.1 Å². The second kappa shape index (κ2) is 6.31. The Labute approximate surface area is 157 Å². The molecule has 1 atom stereocenters. The fourth-order valence-electron chi connectivity index (χ4n) is 3.00. The fraction of sp³-hybridized carbons (Fsp3) is 0.235. The van der Waals surface area contributed by atoms with Gasteiger partial charge in [0.25, 0.3) is 6.43 Å². The zero-order chi connectivity index (χ0) is 21.1. The quantitative estimate of drug-likeness (QED) is 0.581. The van der Waals surface area contributed by atoms with Gasteiger partial charge in [-0.25, -0.2) is 13.2 Å². The molecule has 28 heavy (non-hydrogen) atoms. The first-order valence-corrected chi connectivity index (χ1v) is 9.11. The van der Waals surface area contributed by atoms with Crippen molar-refractivity contribution in [3.63, 3.8) is 0 Å². The van der Waals surface area contributed by atoms with Gasteiger partial charge >= 0.3 is 5.25 Å². The number of hydrogen-bond acceptors (Lipinski definition) is 5. The Bertz CT molecular complexity index is 1000. The van der Waals surface area contributed by atoms with Crippen LogP contribution in [0.4, 0.5) is 22.0 Å². The van der Waals surface area contributed by atoms with Gasteiger partial charge in [0, 0.05) is 11.6 Å². The van der Waals surface area contributed by atoms with Gasteiger partial charge in [0.1, 0.15) is 17.3 Å². The number of fused-ring (bicyclic) bond motifs is 1. The molecule has 0 spiro atoms. The van der Waals surface area contributed by atoms with Crippen molar-refractivity contribution in [2.24, 2.45) is 0 Å². The van der Waals surface area contributed by atoms with E-state index in [1.165, 1.54) is 0 Å². The predicted molar refractivity (Wildman–Crippen MR) is 88.2 cm³/mol. The van der Waals surface area contributed by atoms with E-state index in [0.717, 1.165) is 30.3 Å². The van der Waals surface area contributed by atoms with E-state index in [1.807, 2.05) is 0 Å². The highest BCUT2D eigenvalue weighted by Crippen LogP contribution is 2.74. The summed E-state index contributed by atoms with van der Waals surface area (Å²) >= 11 is 0. The number of hydrogen-bond donors (Lipinski definition) is 3. The van der Waals surface area contributed by atoms with Crippen LogP contribution in [0.15, 0.2) is 35.2 Å². The average Bonchev–Trinajstić information content (AvgIpc) is 2.69. The van der Waals surface area contributed by atoms with Crippen LogP contribution in [-0.4, -0.2) is 19.5 Å². The fourth-order valence-corrected chi connectivity index (χ4v) is 4.78. The minimum absolute atomic E-state index is 0.178. The lowest BCUT2D eigenvalue weighted by Crippen LogP contribution is -2.41. The summed E-state index contributed by atoms with van der Waals surface area (Å²) in [6, 6.07) is 5.83. The number of rotatable bonds is 3. The third-order valence-corrected chi connectivity index (χ3v) is 6.40. The second-order valence-corrected chi connectivity index (χ2v) is 8.23. The Morgan fingerprint density at radius 1 is 1.18 bits per heavy atom. The molecule has 2 aromatic carbocycles. The number of ether oxygens (including phenoxy) is 1. The largest absolute Gasteiger partial charge is 0.457 e. The molecule has 0 aromatic heterocycles.